The van der Waals surface area contributed by atoms with E-state index in [0.717, 1.165) is 16.7 Å². The van der Waals surface area contributed by atoms with Crippen molar-refractivity contribution in [3.8, 4) is 5.75 Å². The average Bonchev–Trinajstić information content (AvgIpc) is 3.00. The zero-order chi connectivity index (χ0) is 23.0. The second kappa shape index (κ2) is 8.52. The number of hydrogen-bond acceptors (Lipinski definition) is 4. The van der Waals surface area contributed by atoms with E-state index in [4.69, 9.17) is 16.3 Å². The number of carbonyl (C=O) groups is 2. The van der Waals surface area contributed by atoms with Crippen LogP contribution >= 0.6 is 11.6 Å². The Hall–Kier alpha value is -3.57. The summed E-state index contributed by atoms with van der Waals surface area (Å²) in [4.78, 5) is 28.4. The lowest BCUT2D eigenvalue weighted by Gasteiger charge is -2.16. The number of benzene rings is 3. The first-order valence-electron chi connectivity index (χ1n) is 10.2. The van der Waals surface area contributed by atoms with E-state index >= 15 is 0 Å². The predicted octanol–water partition coefficient (Wildman–Crippen LogP) is 5.67. The minimum absolute atomic E-state index is 0.181. The van der Waals surface area contributed by atoms with Crippen LogP contribution in [0.2, 0.25) is 5.02 Å². The maximum Gasteiger partial charge on any atom is 0.282 e. The van der Waals surface area contributed by atoms with Gasteiger partial charge in [-0.2, -0.15) is 0 Å². The van der Waals surface area contributed by atoms with Gasteiger partial charge in [-0.05, 0) is 73.4 Å². The van der Waals surface area contributed by atoms with Gasteiger partial charge in [-0.15, -0.1) is 0 Å². The van der Waals surface area contributed by atoms with Gasteiger partial charge < -0.3 is 10.1 Å². The largest absolute Gasteiger partial charge is 0.495 e. The number of halogens is 1. The lowest BCUT2D eigenvalue weighted by molar-refractivity contribution is -0.120. The molecule has 1 heterocycles. The Morgan fingerprint density at radius 3 is 2.34 bits per heavy atom. The zero-order valence-electron chi connectivity index (χ0n) is 18.3. The van der Waals surface area contributed by atoms with Gasteiger partial charge in [-0.25, -0.2) is 4.90 Å². The molecular formula is C26H23ClN2O3. The van der Waals surface area contributed by atoms with Crippen LogP contribution in [-0.2, 0) is 9.59 Å². The fourth-order valence-electron chi connectivity index (χ4n) is 3.72. The molecule has 0 atom stereocenters. The van der Waals surface area contributed by atoms with Crippen LogP contribution in [0.25, 0.3) is 5.57 Å². The molecule has 6 heteroatoms. The fraction of sp³-hybridized carbons (Fsp3) is 0.154. The molecule has 0 bridgehead atoms. The summed E-state index contributed by atoms with van der Waals surface area (Å²) in [7, 11) is 1.54. The van der Waals surface area contributed by atoms with E-state index in [-0.39, 0.29) is 11.6 Å². The van der Waals surface area contributed by atoms with Crippen molar-refractivity contribution in [2.45, 2.75) is 20.8 Å². The van der Waals surface area contributed by atoms with Crippen molar-refractivity contribution in [1.29, 1.82) is 0 Å². The summed E-state index contributed by atoms with van der Waals surface area (Å²) in [5.41, 5.74) is 5.28. The number of aryl methyl sites for hydroxylation is 3. The molecule has 1 aliphatic heterocycles. The molecule has 0 aromatic heterocycles. The standard InChI is InChI=1S/C26H23ClN2O3/c1-15-6-5-7-20(12-15)29-25(30)23(18-9-8-16(2)17(3)13-18)24(26(29)31)28-21-14-19(27)10-11-22(21)32-4/h5-14,28H,1-4H3. The highest BCUT2D eigenvalue weighted by Gasteiger charge is 2.40. The quantitative estimate of drug-likeness (QED) is 0.513. The van der Waals surface area contributed by atoms with Crippen LogP contribution in [0.3, 0.4) is 0 Å². The highest BCUT2D eigenvalue weighted by molar-refractivity contribution is 6.46. The second-order valence-corrected chi connectivity index (χ2v) is 8.24. The van der Waals surface area contributed by atoms with E-state index in [1.165, 1.54) is 12.0 Å². The molecule has 0 aliphatic carbocycles. The first-order chi connectivity index (χ1) is 15.3. The Bertz CT molecular complexity index is 1280. The lowest BCUT2D eigenvalue weighted by Crippen LogP contribution is -2.32. The van der Waals surface area contributed by atoms with Gasteiger partial charge in [0.25, 0.3) is 11.8 Å². The Labute approximate surface area is 192 Å². The van der Waals surface area contributed by atoms with Crippen LogP contribution in [0.15, 0.2) is 66.4 Å². The number of hydrogen-bond donors (Lipinski definition) is 1. The van der Waals surface area contributed by atoms with Gasteiger partial charge in [0.05, 0.1) is 24.1 Å². The van der Waals surface area contributed by atoms with Gasteiger partial charge in [-0.3, -0.25) is 9.59 Å². The predicted molar refractivity (Wildman–Crippen MR) is 128 cm³/mol. The summed E-state index contributed by atoms with van der Waals surface area (Å²) < 4.78 is 5.42. The Morgan fingerprint density at radius 2 is 1.66 bits per heavy atom. The lowest BCUT2D eigenvalue weighted by atomic mass is 9.99. The van der Waals surface area contributed by atoms with E-state index in [0.29, 0.717) is 33.3 Å². The SMILES string of the molecule is COc1ccc(Cl)cc1NC1=C(c2ccc(C)c(C)c2)C(=O)N(c2cccc(C)c2)C1=O. The summed E-state index contributed by atoms with van der Waals surface area (Å²) in [5.74, 6) is -0.307. The minimum Gasteiger partial charge on any atom is -0.495 e. The molecule has 0 saturated heterocycles. The Balaban J connectivity index is 1.88. The van der Waals surface area contributed by atoms with E-state index in [1.807, 2.05) is 57.2 Å². The van der Waals surface area contributed by atoms with Crippen LogP contribution in [0.5, 0.6) is 5.75 Å². The number of rotatable bonds is 5. The third-order valence-electron chi connectivity index (χ3n) is 5.56. The smallest absolute Gasteiger partial charge is 0.282 e. The molecule has 162 valence electrons. The maximum absolute atomic E-state index is 13.6. The molecule has 0 unspecified atom stereocenters. The van der Waals surface area contributed by atoms with Crippen molar-refractivity contribution in [2.75, 3.05) is 17.3 Å². The van der Waals surface area contributed by atoms with Gasteiger partial charge in [0, 0.05) is 5.02 Å². The monoisotopic (exact) mass is 446 g/mol. The molecule has 0 radical (unpaired) electrons. The molecule has 4 rings (SSSR count). The third-order valence-corrected chi connectivity index (χ3v) is 5.80. The van der Waals surface area contributed by atoms with Crippen molar-refractivity contribution >= 4 is 40.4 Å². The molecule has 2 amide bonds. The molecule has 1 N–H and O–H groups in total. The molecule has 0 saturated carbocycles. The highest BCUT2D eigenvalue weighted by Crippen LogP contribution is 2.37. The molecule has 1 aliphatic rings. The van der Waals surface area contributed by atoms with Gasteiger partial charge in [0.1, 0.15) is 11.4 Å². The summed E-state index contributed by atoms with van der Waals surface area (Å²) in [6, 6.07) is 18.1. The van der Waals surface area contributed by atoms with Gasteiger partial charge in [0.15, 0.2) is 0 Å². The number of ether oxygens (including phenoxy) is 1. The molecule has 3 aromatic rings. The number of nitrogens with zero attached hydrogens (tertiary/aromatic N) is 1. The first-order valence-corrected chi connectivity index (χ1v) is 10.6. The number of carbonyl (C=O) groups excluding carboxylic acids is 2. The van der Waals surface area contributed by atoms with Crippen molar-refractivity contribution in [2.24, 2.45) is 0 Å². The van der Waals surface area contributed by atoms with E-state index in [2.05, 4.69) is 5.32 Å². The first kappa shape index (κ1) is 21.7. The molecule has 5 nitrogen and oxygen atoms in total. The molecule has 0 spiro atoms. The molecule has 32 heavy (non-hydrogen) atoms. The number of imide groups is 1. The molecule has 3 aromatic carbocycles. The van der Waals surface area contributed by atoms with Crippen molar-refractivity contribution in [1.82, 2.24) is 0 Å². The van der Waals surface area contributed by atoms with E-state index in [9.17, 15) is 9.59 Å². The minimum atomic E-state index is -0.434. The normalized spacial score (nSPS) is 13.7. The van der Waals surface area contributed by atoms with Gasteiger partial charge in [0.2, 0.25) is 0 Å². The summed E-state index contributed by atoms with van der Waals surface area (Å²) in [6.45, 7) is 5.90. The number of methoxy groups -OCH3 is 1. The molecule has 0 fully saturated rings. The van der Waals surface area contributed by atoms with Crippen molar-refractivity contribution in [3.63, 3.8) is 0 Å². The number of nitrogens with one attached hydrogen (secondary N) is 1. The number of anilines is 2. The third kappa shape index (κ3) is 3.87. The summed E-state index contributed by atoms with van der Waals surface area (Å²) in [6.07, 6.45) is 0. The van der Waals surface area contributed by atoms with Gasteiger partial charge >= 0.3 is 0 Å². The average molecular weight is 447 g/mol. The fourth-order valence-corrected chi connectivity index (χ4v) is 3.90. The highest BCUT2D eigenvalue weighted by atomic mass is 35.5. The van der Waals surface area contributed by atoms with Crippen LogP contribution in [0.1, 0.15) is 22.3 Å². The Kier molecular flexibility index (Phi) is 5.76. The van der Waals surface area contributed by atoms with Crippen molar-refractivity contribution < 1.29 is 14.3 Å². The summed E-state index contributed by atoms with van der Waals surface area (Å²) in [5, 5.41) is 3.62. The van der Waals surface area contributed by atoms with Crippen LogP contribution < -0.4 is 15.0 Å². The van der Waals surface area contributed by atoms with E-state index in [1.54, 1.807) is 24.3 Å². The van der Waals surface area contributed by atoms with Crippen LogP contribution in [0.4, 0.5) is 11.4 Å². The zero-order valence-corrected chi connectivity index (χ0v) is 19.1. The topological polar surface area (TPSA) is 58.6 Å². The van der Waals surface area contributed by atoms with Gasteiger partial charge in [-0.1, -0.05) is 41.9 Å². The van der Waals surface area contributed by atoms with Crippen LogP contribution in [-0.4, -0.2) is 18.9 Å². The Morgan fingerprint density at radius 1 is 0.875 bits per heavy atom. The van der Waals surface area contributed by atoms with E-state index < -0.39 is 5.91 Å². The van der Waals surface area contributed by atoms with Crippen LogP contribution in [0, 0.1) is 20.8 Å². The summed E-state index contributed by atoms with van der Waals surface area (Å²) >= 11 is 6.18. The number of amides is 2. The molecular weight excluding hydrogens is 424 g/mol. The second-order valence-electron chi connectivity index (χ2n) is 7.80. The van der Waals surface area contributed by atoms with Crippen molar-refractivity contribution in [3.05, 3.63) is 93.6 Å². The maximum atomic E-state index is 13.6.